The zero-order valence-corrected chi connectivity index (χ0v) is 7.97. The van der Waals surface area contributed by atoms with E-state index in [1.54, 1.807) is 6.20 Å². The lowest BCUT2D eigenvalue weighted by atomic mass is 10.0. The molecular weight excluding hydrogens is 179 g/mol. The zero-order chi connectivity index (χ0) is 10.0. The molecule has 3 heteroatoms. The molecule has 1 saturated heterocycles. The van der Waals surface area contributed by atoms with E-state index >= 15 is 0 Å². The molecule has 0 radical (unpaired) electrons. The Morgan fingerprint density at radius 3 is 2.93 bits per heavy atom. The minimum atomic E-state index is -1.34. The summed E-state index contributed by atoms with van der Waals surface area (Å²) in [5, 5.41) is 2.85. The van der Waals surface area contributed by atoms with Gasteiger partial charge in [-0.15, -0.1) is 0 Å². The number of hydrogen-bond donors (Lipinski definition) is 1. The van der Waals surface area contributed by atoms with Gasteiger partial charge in [0.1, 0.15) is 5.69 Å². The Labute approximate surface area is 82.5 Å². The first-order chi connectivity index (χ1) is 6.68. The molecule has 1 aliphatic rings. The van der Waals surface area contributed by atoms with Crippen molar-refractivity contribution in [2.75, 3.05) is 13.1 Å². The van der Waals surface area contributed by atoms with Gasteiger partial charge in [-0.3, -0.25) is 0 Å². The van der Waals surface area contributed by atoms with E-state index in [4.69, 9.17) is 0 Å². The minimum Gasteiger partial charge on any atom is -0.308 e. The van der Waals surface area contributed by atoms with Crippen molar-refractivity contribution in [1.29, 1.82) is 0 Å². The summed E-state index contributed by atoms with van der Waals surface area (Å²) in [4.78, 5) is 4.04. The van der Waals surface area contributed by atoms with E-state index in [2.05, 4.69) is 22.1 Å². The van der Waals surface area contributed by atoms with Gasteiger partial charge < -0.3 is 5.32 Å². The Balaban J connectivity index is 2.17. The maximum atomic E-state index is 13.4. The normalized spacial score (nSPS) is 17.9. The lowest BCUT2D eigenvalue weighted by Gasteiger charge is -2.29. The van der Waals surface area contributed by atoms with E-state index in [1.807, 2.05) is 19.1 Å². The van der Waals surface area contributed by atoms with Gasteiger partial charge in [-0.1, -0.05) is 5.92 Å². The summed E-state index contributed by atoms with van der Waals surface area (Å²) >= 11 is 0. The molecule has 1 fully saturated rings. The third-order valence-corrected chi connectivity index (χ3v) is 2.14. The second-order valence-corrected chi connectivity index (χ2v) is 3.54. The average molecular weight is 190 g/mol. The van der Waals surface area contributed by atoms with Crippen LogP contribution < -0.4 is 5.32 Å². The molecule has 1 N–H and O–H groups in total. The lowest BCUT2D eigenvalue weighted by molar-refractivity contribution is 0.158. The molecule has 0 saturated carbocycles. The summed E-state index contributed by atoms with van der Waals surface area (Å²) in [6.45, 7) is 2.61. The lowest BCUT2D eigenvalue weighted by Crippen LogP contribution is -2.55. The number of alkyl halides is 1. The van der Waals surface area contributed by atoms with Crippen LogP contribution in [0.5, 0.6) is 0 Å². The van der Waals surface area contributed by atoms with Gasteiger partial charge in [-0.05, 0) is 30.5 Å². The topological polar surface area (TPSA) is 24.9 Å². The molecule has 0 aliphatic carbocycles. The highest BCUT2D eigenvalue weighted by Gasteiger charge is 2.34. The quantitative estimate of drug-likeness (QED) is 0.619. The molecule has 2 rings (SSSR count). The van der Waals surface area contributed by atoms with E-state index in [0.29, 0.717) is 18.8 Å². The van der Waals surface area contributed by atoms with Crippen LogP contribution in [0.2, 0.25) is 0 Å². The first kappa shape index (κ1) is 9.17. The van der Waals surface area contributed by atoms with Crippen LogP contribution in [0, 0.1) is 18.8 Å². The number of halogens is 1. The van der Waals surface area contributed by atoms with E-state index in [0.717, 1.165) is 5.56 Å². The van der Waals surface area contributed by atoms with Crippen LogP contribution in [0.25, 0.3) is 0 Å². The Morgan fingerprint density at radius 2 is 2.36 bits per heavy atom. The van der Waals surface area contributed by atoms with Crippen molar-refractivity contribution in [1.82, 2.24) is 10.3 Å². The summed E-state index contributed by atoms with van der Waals surface area (Å²) in [5.74, 6) is 5.35. The minimum absolute atomic E-state index is 0.325. The van der Waals surface area contributed by atoms with Crippen LogP contribution in [0.1, 0.15) is 11.3 Å². The number of hydrogen-bond acceptors (Lipinski definition) is 2. The molecule has 1 aromatic heterocycles. The molecule has 14 heavy (non-hydrogen) atoms. The summed E-state index contributed by atoms with van der Waals surface area (Å²) in [5.41, 5.74) is 0.378. The molecular formula is C11H11FN2. The smallest absolute Gasteiger partial charge is 0.195 e. The third-order valence-electron chi connectivity index (χ3n) is 2.14. The van der Waals surface area contributed by atoms with Gasteiger partial charge in [0.05, 0.1) is 0 Å². The molecule has 2 nitrogen and oxygen atoms in total. The summed E-state index contributed by atoms with van der Waals surface area (Å²) in [6.07, 6.45) is 1.68. The van der Waals surface area contributed by atoms with Crippen molar-refractivity contribution >= 4 is 0 Å². The van der Waals surface area contributed by atoms with E-state index in [1.165, 1.54) is 0 Å². The number of nitrogens with zero attached hydrogens (tertiary/aromatic N) is 1. The fraction of sp³-hybridized carbons (Fsp3) is 0.364. The van der Waals surface area contributed by atoms with Crippen LogP contribution in [0.3, 0.4) is 0 Å². The van der Waals surface area contributed by atoms with Crippen molar-refractivity contribution < 1.29 is 4.39 Å². The molecule has 2 heterocycles. The fourth-order valence-electron chi connectivity index (χ4n) is 1.21. The highest BCUT2D eigenvalue weighted by molar-refractivity contribution is 5.34. The summed E-state index contributed by atoms with van der Waals surface area (Å²) in [7, 11) is 0. The highest BCUT2D eigenvalue weighted by atomic mass is 19.1. The molecule has 0 atom stereocenters. The highest BCUT2D eigenvalue weighted by Crippen LogP contribution is 2.14. The molecule has 0 aromatic carbocycles. The predicted molar refractivity (Wildman–Crippen MR) is 52.6 cm³/mol. The standard InChI is InChI=1S/C11H11FN2/c1-9-3-5-14-10(6-9)2-4-11(12)7-13-8-11/h3,5-6,13H,7-8H2,1H3. The van der Waals surface area contributed by atoms with Gasteiger partial charge >= 0.3 is 0 Å². The summed E-state index contributed by atoms with van der Waals surface area (Å²) < 4.78 is 13.4. The molecule has 0 bridgehead atoms. The van der Waals surface area contributed by atoms with E-state index in [9.17, 15) is 4.39 Å². The van der Waals surface area contributed by atoms with E-state index < -0.39 is 5.67 Å². The number of nitrogens with one attached hydrogen (secondary N) is 1. The molecule has 1 aliphatic heterocycles. The molecule has 0 spiro atoms. The average Bonchev–Trinajstić information content (AvgIpc) is 2.12. The maximum absolute atomic E-state index is 13.4. The first-order valence-corrected chi connectivity index (χ1v) is 4.53. The maximum Gasteiger partial charge on any atom is 0.195 e. The van der Waals surface area contributed by atoms with Gasteiger partial charge in [0.2, 0.25) is 0 Å². The third kappa shape index (κ3) is 1.91. The Kier molecular flexibility index (Phi) is 2.22. The first-order valence-electron chi connectivity index (χ1n) is 4.53. The zero-order valence-electron chi connectivity index (χ0n) is 7.97. The van der Waals surface area contributed by atoms with Crippen LogP contribution in [0.15, 0.2) is 18.3 Å². The van der Waals surface area contributed by atoms with Gasteiger partial charge in [-0.2, -0.15) is 0 Å². The number of rotatable bonds is 0. The number of pyridine rings is 1. The Morgan fingerprint density at radius 1 is 1.57 bits per heavy atom. The monoisotopic (exact) mass is 190 g/mol. The second-order valence-electron chi connectivity index (χ2n) is 3.54. The van der Waals surface area contributed by atoms with Crippen molar-refractivity contribution in [3.8, 4) is 11.8 Å². The van der Waals surface area contributed by atoms with Gasteiger partial charge in [0, 0.05) is 19.3 Å². The number of aromatic nitrogens is 1. The molecule has 72 valence electrons. The van der Waals surface area contributed by atoms with E-state index in [-0.39, 0.29) is 0 Å². The van der Waals surface area contributed by atoms with Crippen LogP contribution in [0.4, 0.5) is 4.39 Å². The molecule has 1 aromatic rings. The Bertz CT molecular complexity index is 399. The van der Waals surface area contributed by atoms with Gasteiger partial charge in [0.25, 0.3) is 0 Å². The largest absolute Gasteiger partial charge is 0.308 e. The van der Waals surface area contributed by atoms with Crippen LogP contribution in [-0.4, -0.2) is 23.7 Å². The summed E-state index contributed by atoms with van der Waals surface area (Å²) in [6, 6.07) is 3.74. The van der Waals surface area contributed by atoms with Gasteiger partial charge in [0.15, 0.2) is 5.67 Å². The van der Waals surface area contributed by atoms with Crippen LogP contribution in [-0.2, 0) is 0 Å². The molecule has 0 unspecified atom stereocenters. The number of aryl methyl sites for hydroxylation is 1. The fourth-order valence-corrected chi connectivity index (χ4v) is 1.21. The molecule has 0 amide bonds. The van der Waals surface area contributed by atoms with Crippen molar-refractivity contribution in [3.63, 3.8) is 0 Å². The predicted octanol–water partition coefficient (Wildman–Crippen LogP) is 1.05. The van der Waals surface area contributed by atoms with Gasteiger partial charge in [-0.25, -0.2) is 9.37 Å². The Hall–Kier alpha value is -1.40. The van der Waals surface area contributed by atoms with Crippen LogP contribution >= 0.6 is 0 Å². The van der Waals surface area contributed by atoms with Crippen molar-refractivity contribution in [2.24, 2.45) is 0 Å². The van der Waals surface area contributed by atoms with Crippen molar-refractivity contribution in [3.05, 3.63) is 29.6 Å². The second kappa shape index (κ2) is 3.39. The SMILES string of the molecule is Cc1ccnc(C#CC2(F)CNC2)c1. The van der Waals surface area contributed by atoms with Crippen molar-refractivity contribution in [2.45, 2.75) is 12.6 Å².